The third-order valence-electron chi connectivity index (χ3n) is 2.35. The number of aromatic nitrogens is 2. The minimum Gasteiger partial charge on any atom is -0.392 e. The third kappa shape index (κ3) is 3.34. The minimum atomic E-state index is -0.376. The van der Waals surface area contributed by atoms with Crippen LogP contribution in [0.15, 0.2) is 11.4 Å². The highest BCUT2D eigenvalue weighted by molar-refractivity contribution is 7.99. The fourth-order valence-electron chi connectivity index (χ4n) is 1.21. The Kier molecular flexibility index (Phi) is 5.02. The number of thioether (sulfide) groups is 1. The first kappa shape index (κ1) is 13.7. The molecule has 0 bridgehead atoms. The van der Waals surface area contributed by atoms with E-state index in [2.05, 4.69) is 23.8 Å². The van der Waals surface area contributed by atoms with Crippen LogP contribution in [0.5, 0.6) is 0 Å². The molecule has 5 heteroatoms. The fraction of sp³-hybridized carbons (Fsp3) is 0.636. The van der Waals surface area contributed by atoms with E-state index in [0.717, 1.165) is 10.6 Å². The lowest BCUT2D eigenvalue weighted by atomic mass is 10.1. The summed E-state index contributed by atoms with van der Waals surface area (Å²) in [6.45, 7) is 7.86. The lowest BCUT2D eigenvalue weighted by Crippen LogP contribution is -2.16. The largest absolute Gasteiger partial charge is 0.392 e. The van der Waals surface area contributed by atoms with E-state index in [4.69, 9.17) is 11.6 Å². The molecule has 0 saturated carbocycles. The molecule has 1 rings (SSSR count). The average molecular weight is 261 g/mol. The number of aliphatic hydroxyl groups is 1. The molecule has 0 aliphatic heterocycles. The van der Waals surface area contributed by atoms with E-state index in [1.54, 1.807) is 6.92 Å². The second-order valence-corrected chi connectivity index (χ2v) is 5.83. The van der Waals surface area contributed by atoms with Gasteiger partial charge in [-0.25, -0.2) is 9.97 Å². The first-order valence-corrected chi connectivity index (χ1v) is 6.54. The van der Waals surface area contributed by atoms with Gasteiger partial charge in [0, 0.05) is 10.8 Å². The summed E-state index contributed by atoms with van der Waals surface area (Å²) >= 11 is 7.60. The predicted octanol–water partition coefficient (Wildman–Crippen LogP) is 3.11. The molecule has 1 aromatic rings. The van der Waals surface area contributed by atoms with Crippen molar-refractivity contribution in [3.05, 3.63) is 17.0 Å². The molecule has 1 N–H and O–H groups in total. The van der Waals surface area contributed by atoms with E-state index in [9.17, 15) is 5.11 Å². The van der Waals surface area contributed by atoms with Gasteiger partial charge in [0.1, 0.15) is 16.5 Å². The number of halogens is 1. The lowest BCUT2D eigenvalue weighted by Gasteiger charge is -2.17. The van der Waals surface area contributed by atoms with Crippen LogP contribution in [-0.4, -0.2) is 26.4 Å². The van der Waals surface area contributed by atoms with Crippen molar-refractivity contribution in [1.29, 1.82) is 0 Å². The van der Waals surface area contributed by atoms with Gasteiger partial charge in [0.25, 0.3) is 0 Å². The van der Waals surface area contributed by atoms with Crippen LogP contribution in [0.25, 0.3) is 0 Å². The van der Waals surface area contributed by atoms with Gasteiger partial charge in [-0.2, -0.15) is 0 Å². The summed E-state index contributed by atoms with van der Waals surface area (Å²) in [5, 5.41) is 10.9. The van der Waals surface area contributed by atoms with Crippen molar-refractivity contribution in [3.8, 4) is 0 Å². The van der Waals surface area contributed by atoms with Gasteiger partial charge in [0.15, 0.2) is 0 Å². The maximum absolute atomic E-state index is 9.48. The van der Waals surface area contributed by atoms with E-state index < -0.39 is 0 Å². The number of nitrogens with zero attached hydrogens (tertiary/aromatic N) is 2. The molecule has 2 unspecified atom stereocenters. The normalized spacial score (nSPS) is 15.2. The minimum absolute atomic E-state index is 0.0865. The van der Waals surface area contributed by atoms with Gasteiger partial charge < -0.3 is 5.11 Å². The van der Waals surface area contributed by atoms with E-state index in [1.807, 2.05) is 6.92 Å². The van der Waals surface area contributed by atoms with E-state index in [-0.39, 0.29) is 17.3 Å². The van der Waals surface area contributed by atoms with Crippen LogP contribution >= 0.6 is 23.4 Å². The van der Waals surface area contributed by atoms with E-state index in [0.29, 0.717) is 5.15 Å². The summed E-state index contributed by atoms with van der Waals surface area (Å²) in [7, 11) is 0. The summed E-state index contributed by atoms with van der Waals surface area (Å²) in [6, 6.07) is 0. The zero-order chi connectivity index (χ0) is 12.3. The molecule has 2 atom stereocenters. The van der Waals surface area contributed by atoms with Crippen LogP contribution in [0.4, 0.5) is 0 Å². The van der Waals surface area contributed by atoms with Crippen LogP contribution < -0.4 is 0 Å². The molecule has 16 heavy (non-hydrogen) atoms. The highest BCUT2D eigenvalue weighted by atomic mass is 35.5. The highest BCUT2D eigenvalue weighted by Gasteiger charge is 2.18. The number of hydrogen-bond acceptors (Lipinski definition) is 4. The molecule has 3 nitrogen and oxygen atoms in total. The molecule has 0 aliphatic rings. The summed E-state index contributed by atoms with van der Waals surface area (Å²) < 4.78 is 0. The highest BCUT2D eigenvalue weighted by Crippen LogP contribution is 2.33. The molecule has 0 fully saturated rings. The molecule has 1 aromatic heterocycles. The van der Waals surface area contributed by atoms with Gasteiger partial charge in [-0.05, 0) is 12.8 Å². The van der Waals surface area contributed by atoms with Crippen molar-refractivity contribution in [2.45, 2.75) is 50.0 Å². The van der Waals surface area contributed by atoms with Gasteiger partial charge in [-0.1, -0.05) is 32.4 Å². The van der Waals surface area contributed by atoms with Crippen molar-refractivity contribution in [1.82, 2.24) is 9.97 Å². The topological polar surface area (TPSA) is 46.0 Å². The summed E-state index contributed by atoms with van der Waals surface area (Å²) in [6.07, 6.45) is 1.09. The molecular weight excluding hydrogens is 244 g/mol. The SMILES string of the molecule is CC(C)c1c(Cl)ncnc1SC(C)C(C)O. The van der Waals surface area contributed by atoms with Gasteiger partial charge >= 0.3 is 0 Å². The first-order valence-electron chi connectivity index (χ1n) is 5.28. The number of hydrogen-bond donors (Lipinski definition) is 1. The molecule has 0 aromatic carbocycles. The quantitative estimate of drug-likeness (QED) is 0.667. The van der Waals surface area contributed by atoms with Crippen molar-refractivity contribution in [3.63, 3.8) is 0 Å². The third-order valence-corrected chi connectivity index (χ3v) is 3.97. The molecule has 0 radical (unpaired) electrons. The smallest absolute Gasteiger partial charge is 0.137 e. The van der Waals surface area contributed by atoms with Gasteiger partial charge in [0.2, 0.25) is 0 Å². The standard InChI is InChI=1S/C11H17ClN2OS/c1-6(2)9-10(12)13-5-14-11(9)16-8(4)7(3)15/h5-8,15H,1-4H3. The summed E-state index contributed by atoms with van der Waals surface area (Å²) in [4.78, 5) is 8.23. The Bertz CT molecular complexity index is 358. The number of aliphatic hydroxyl groups excluding tert-OH is 1. The number of rotatable bonds is 4. The molecule has 90 valence electrons. The zero-order valence-corrected chi connectivity index (χ0v) is 11.5. The Hall–Kier alpha value is -0.320. The molecule has 0 amide bonds. The van der Waals surface area contributed by atoms with Crippen LogP contribution in [-0.2, 0) is 0 Å². The average Bonchev–Trinajstić information content (AvgIpc) is 2.16. The van der Waals surface area contributed by atoms with Crippen molar-refractivity contribution < 1.29 is 5.11 Å². The maximum Gasteiger partial charge on any atom is 0.137 e. The van der Waals surface area contributed by atoms with E-state index in [1.165, 1.54) is 18.1 Å². The summed E-state index contributed by atoms with van der Waals surface area (Å²) in [5.41, 5.74) is 0.960. The van der Waals surface area contributed by atoms with Crippen molar-refractivity contribution >= 4 is 23.4 Å². The van der Waals surface area contributed by atoms with Crippen LogP contribution in [0.1, 0.15) is 39.2 Å². The monoisotopic (exact) mass is 260 g/mol. The molecule has 0 spiro atoms. The van der Waals surface area contributed by atoms with Crippen molar-refractivity contribution in [2.24, 2.45) is 0 Å². The van der Waals surface area contributed by atoms with Gasteiger partial charge in [-0.15, -0.1) is 11.8 Å². The Morgan fingerprint density at radius 1 is 1.25 bits per heavy atom. The fourth-order valence-corrected chi connectivity index (χ4v) is 2.74. The van der Waals surface area contributed by atoms with Crippen molar-refractivity contribution in [2.75, 3.05) is 0 Å². The Labute approximate surface area is 106 Å². The maximum atomic E-state index is 9.48. The lowest BCUT2D eigenvalue weighted by molar-refractivity contribution is 0.196. The first-order chi connectivity index (χ1) is 7.43. The Morgan fingerprint density at radius 3 is 2.38 bits per heavy atom. The van der Waals surface area contributed by atoms with Gasteiger partial charge in [-0.3, -0.25) is 0 Å². The zero-order valence-electron chi connectivity index (χ0n) is 9.94. The van der Waals surface area contributed by atoms with Gasteiger partial charge in [0.05, 0.1) is 6.10 Å². The van der Waals surface area contributed by atoms with Crippen LogP contribution in [0, 0.1) is 0 Å². The molecule has 1 heterocycles. The molecule has 0 saturated heterocycles. The Morgan fingerprint density at radius 2 is 1.88 bits per heavy atom. The second kappa shape index (κ2) is 5.84. The predicted molar refractivity (Wildman–Crippen MR) is 68.1 cm³/mol. The van der Waals surface area contributed by atoms with E-state index >= 15 is 0 Å². The summed E-state index contributed by atoms with van der Waals surface area (Å²) in [5.74, 6) is 0.275. The molecular formula is C11H17ClN2OS. The second-order valence-electron chi connectivity index (χ2n) is 4.10. The molecule has 0 aliphatic carbocycles. The van der Waals surface area contributed by atoms with Crippen LogP contribution in [0.2, 0.25) is 5.15 Å². The Balaban J connectivity index is 2.99. The van der Waals surface area contributed by atoms with Crippen LogP contribution in [0.3, 0.4) is 0 Å².